The summed E-state index contributed by atoms with van der Waals surface area (Å²) in [6.45, 7) is 7.29. The van der Waals surface area contributed by atoms with Gasteiger partial charge in [0.25, 0.3) is 0 Å². The average molecular weight is 722 g/mol. The third-order valence-electron chi connectivity index (χ3n) is 9.48. The SMILES string of the molecule is CC.CN1CCN(C2CCCCC2)CC1=O.COc1cc(CC=O)c(CN(C)c2ccc(N(C)C)nc2)cc1OC1CCC1.Clc1ccccc1. The predicted octanol–water partition coefficient (Wildman–Crippen LogP) is 7.92. The first-order chi connectivity index (χ1) is 24.7. The number of likely N-dealkylation sites (N-methyl/N-ethyl adjacent to an activating group) is 1. The molecule has 9 nitrogen and oxygen atoms in total. The number of rotatable bonds is 10. The topological polar surface area (TPSA) is 78.5 Å². The van der Waals surface area contributed by atoms with Crippen molar-refractivity contribution in [3.63, 3.8) is 0 Å². The molecule has 1 amide bonds. The number of hydrogen-bond donors (Lipinski definition) is 0. The average Bonchev–Trinajstić information content (AvgIpc) is 3.14. The smallest absolute Gasteiger partial charge is 0.236 e. The van der Waals surface area contributed by atoms with Crippen molar-refractivity contribution in [3.05, 3.63) is 76.9 Å². The molecule has 3 fully saturated rings. The number of anilines is 2. The molecule has 280 valence electrons. The minimum absolute atomic E-state index is 0.263. The molecule has 1 saturated heterocycles. The highest BCUT2D eigenvalue weighted by Gasteiger charge is 2.27. The van der Waals surface area contributed by atoms with Crippen LogP contribution in [0.3, 0.4) is 0 Å². The quantitative estimate of drug-likeness (QED) is 0.196. The lowest BCUT2D eigenvalue weighted by Crippen LogP contribution is -2.52. The number of methoxy groups -OCH3 is 1. The second-order valence-electron chi connectivity index (χ2n) is 13.3. The molecule has 6 rings (SSSR count). The van der Waals surface area contributed by atoms with Crippen molar-refractivity contribution in [1.82, 2.24) is 14.8 Å². The Kier molecular flexibility index (Phi) is 18.1. The van der Waals surface area contributed by atoms with Crippen LogP contribution in [0.15, 0.2) is 60.8 Å². The van der Waals surface area contributed by atoms with Crippen LogP contribution in [0.2, 0.25) is 5.02 Å². The van der Waals surface area contributed by atoms with E-state index in [-0.39, 0.29) is 6.10 Å². The Morgan fingerprint density at radius 2 is 1.59 bits per heavy atom. The molecule has 0 radical (unpaired) electrons. The Morgan fingerprint density at radius 1 is 0.902 bits per heavy atom. The lowest BCUT2D eigenvalue weighted by molar-refractivity contribution is -0.135. The van der Waals surface area contributed by atoms with Crippen LogP contribution in [-0.4, -0.2) is 94.1 Å². The van der Waals surface area contributed by atoms with Crippen molar-refractivity contribution in [3.8, 4) is 11.5 Å². The zero-order chi connectivity index (χ0) is 37.2. The summed E-state index contributed by atoms with van der Waals surface area (Å²) < 4.78 is 11.6. The van der Waals surface area contributed by atoms with Crippen LogP contribution < -0.4 is 19.3 Å². The molecule has 3 aromatic rings. The number of carbonyl (C=O) groups is 2. The van der Waals surface area contributed by atoms with E-state index in [0.29, 0.717) is 37.2 Å². The fourth-order valence-corrected chi connectivity index (χ4v) is 6.30. The van der Waals surface area contributed by atoms with Gasteiger partial charge in [0.05, 0.1) is 31.6 Å². The van der Waals surface area contributed by atoms with Crippen molar-refractivity contribution in [2.45, 2.75) is 90.3 Å². The van der Waals surface area contributed by atoms with Crippen LogP contribution >= 0.6 is 11.6 Å². The van der Waals surface area contributed by atoms with Crippen LogP contribution in [0.5, 0.6) is 11.5 Å². The molecule has 3 aliphatic rings. The Balaban J connectivity index is 0.000000250. The first kappa shape index (κ1) is 41.6. The molecule has 0 N–H and O–H groups in total. The van der Waals surface area contributed by atoms with E-state index in [9.17, 15) is 9.59 Å². The van der Waals surface area contributed by atoms with Gasteiger partial charge in [0.15, 0.2) is 11.5 Å². The number of halogens is 1. The maximum absolute atomic E-state index is 11.5. The maximum atomic E-state index is 11.5. The fourth-order valence-electron chi connectivity index (χ4n) is 6.16. The second kappa shape index (κ2) is 22.2. The number of piperazine rings is 1. The summed E-state index contributed by atoms with van der Waals surface area (Å²) in [5, 5.41) is 0.794. The van der Waals surface area contributed by atoms with Gasteiger partial charge in [-0.3, -0.25) is 9.69 Å². The lowest BCUT2D eigenvalue weighted by Gasteiger charge is -2.39. The number of ether oxygens (including phenoxy) is 2. The summed E-state index contributed by atoms with van der Waals surface area (Å²) >= 11 is 5.54. The number of carbonyl (C=O) groups excluding carboxylic acids is 2. The molecule has 10 heteroatoms. The standard InChI is InChI=1S/C22H29N3O3.C11H20N2O.C6H5Cl.C2H6/c1-24(2)22-9-8-18(14-23-22)25(3)15-17-13-21(28-19-6-5-7-19)20(27-4)12-16(17)10-11-26;1-12-7-8-13(9-11(12)14)10-5-3-2-4-6-10;7-6-4-2-1-3-5-6;1-2/h8-9,11-14,19H,5-7,10,15H2,1-4H3;10H,2-9H2,1H3;1-5H;1-2H3. The molecule has 2 aromatic carbocycles. The summed E-state index contributed by atoms with van der Waals surface area (Å²) in [4.78, 5) is 35.5. The van der Waals surface area contributed by atoms with E-state index in [2.05, 4.69) is 20.9 Å². The fraction of sp³-hybridized carbons (Fsp3) is 0.537. The van der Waals surface area contributed by atoms with Crippen molar-refractivity contribution >= 4 is 35.3 Å². The van der Waals surface area contributed by atoms with Crippen LogP contribution in [0, 0.1) is 0 Å². The van der Waals surface area contributed by atoms with E-state index in [4.69, 9.17) is 21.1 Å². The minimum Gasteiger partial charge on any atom is -0.493 e. The number of pyridine rings is 1. The predicted molar refractivity (Wildman–Crippen MR) is 211 cm³/mol. The van der Waals surface area contributed by atoms with Crippen molar-refractivity contribution in [2.75, 3.05) is 64.7 Å². The molecule has 2 heterocycles. The van der Waals surface area contributed by atoms with Crippen LogP contribution in [0.25, 0.3) is 0 Å². The van der Waals surface area contributed by atoms with Crippen LogP contribution in [-0.2, 0) is 22.6 Å². The van der Waals surface area contributed by atoms with E-state index in [1.807, 2.05) is 107 Å². The summed E-state index contributed by atoms with van der Waals surface area (Å²) in [6.07, 6.45) is 13.5. The first-order valence-electron chi connectivity index (χ1n) is 18.5. The van der Waals surface area contributed by atoms with E-state index in [1.165, 1.54) is 38.5 Å². The molecule has 0 bridgehead atoms. The van der Waals surface area contributed by atoms with Crippen molar-refractivity contribution in [2.24, 2.45) is 0 Å². The molecular formula is C41H60ClN5O4. The molecule has 51 heavy (non-hydrogen) atoms. The molecule has 2 aliphatic carbocycles. The monoisotopic (exact) mass is 721 g/mol. The number of amides is 1. The molecule has 1 aromatic heterocycles. The van der Waals surface area contributed by atoms with Gasteiger partial charge in [0, 0.05) is 65.3 Å². The van der Waals surface area contributed by atoms with E-state index in [1.54, 1.807) is 7.11 Å². The number of aromatic nitrogens is 1. The van der Waals surface area contributed by atoms with Gasteiger partial charge in [0.2, 0.25) is 5.91 Å². The summed E-state index contributed by atoms with van der Waals surface area (Å²) in [6, 6.07) is 18.1. The molecule has 0 atom stereocenters. The summed E-state index contributed by atoms with van der Waals surface area (Å²) in [5.41, 5.74) is 3.03. The van der Waals surface area contributed by atoms with Crippen LogP contribution in [0.1, 0.15) is 76.3 Å². The highest BCUT2D eigenvalue weighted by atomic mass is 35.5. The molecule has 2 saturated carbocycles. The second-order valence-corrected chi connectivity index (χ2v) is 13.7. The van der Waals surface area contributed by atoms with Gasteiger partial charge >= 0.3 is 0 Å². The van der Waals surface area contributed by atoms with Gasteiger partial charge in [-0.15, -0.1) is 0 Å². The minimum atomic E-state index is 0.263. The highest BCUT2D eigenvalue weighted by Crippen LogP contribution is 2.36. The van der Waals surface area contributed by atoms with Crippen molar-refractivity contribution < 1.29 is 19.1 Å². The summed E-state index contributed by atoms with van der Waals surface area (Å²) in [5.74, 6) is 2.65. The molecular weight excluding hydrogens is 662 g/mol. The largest absolute Gasteiger partial charge is 0.493 e. The highest BCUT2D eigenvalue weighted by molar-refractivity contribution is 6.30. The van der Waals surface area contributed by atoms with Gasteiger partial charge in [-0.1, -0.05) is 62.9 Å². The Morgan fingerprint density at radius 3 is 2.10 bits per heavy atom. The van der Waals surface area contributed by atoms with Gasteiger partial charge in [-0.05, 0) is 79.6 Å². The van der Waals surface area contributed by atoms with Gasteiger partial charge < -0.3 is 29.0 Å². The van der Waals surface area contributed by atoms with E-state index in [0.717, 1.165) is 65.6 Å². The maximum Gasteiger partial charge on any atom is 0.236 e. The molecule has 0 unspecified atom stereocenters. The van der Waals surface area contributed by atoms with E-state index < -0.39 is 0 Å². The molecule has 0 spiro atoms. The normalized spacial score (nSPS) is 16.2. The van der Waals surface area contributed by atoms with Crippen molar-refractivity contribution in [1.29, 1.82) is 0 Å². The zero-order valence-corrected chi connectivity index (χ0v) is 32.7. The lowest BCUT2D eigenvalue weighted by atomic mass is 9.94. The third kappa shape index (κ3) is 13.3. The number of hydrogen-bond acceptors (Lipinski definition) is 8. The Bertz CT molecular complexity index is 1450. The molecule has 1 aliphatic heterocycles. The Labute approximate surface area is 311 Å². The van der Waals surface area contributed by atoms with Crippen LogP contribution in [0.4, 0.5) is 11.5 Å². The number of benzene rings is 2. The third-order valence-corrected chi connectivity index (χ3v) is 9.74. The number of aldehydes is 1. The number of nitrogens with zero attached hydrogens (tertiary/aromatic N) is 5. The van der Waals surface area contributed by atoms with Gasteiger partial charge in [0.1, 0.15) is 12.1 Å². The van der Waals surface area contributed by atoms with E-state index >= 15 is 0 Å². The first-order valence-corrected chi connectivity index (χ1v) is 18.9. The summed E-state index contributed by atoms with van der Waals surface area (Å²) in [7, 11) is 9.50. The Hall–Kier alpha value is -3.82. The van der Waals surface area contributed by atoms with Gasteiger partial charge in [-0.2, -0.15) is 0 Å². The van der Waals surface area contributed by atoms with Gasteiger partial charge in [-0.25, -0.2) is 4.98 Å². The zero-order valence-electron chi connectivity index (χ0n) is 31.9.